The van der Waals surface area contributed by atoms with Crippen molar-refractivity contribution in [2.24, 2.45) is 0 Å². The van der Waals surface area contributed by atoms with Crippen LogP contribution in [0.15, 0.2) is 54.9 Å². The van der Waals surface area contributed by atoms with Crippen LogP contribution in [-0.2, 0) is 0 Å². The molecule has 0 spiro atoms. The predicted octanol–water partition coefficient (Wildman–Crippen LogP) is 4.66. The molecule has 0 aliphatic carbocycles. The van der Waals surface area contributed by atoms with E-state index in [0.29, 0.717) is 41.3 Å². The summed E-state index contributed by atoms with van der Waals surface area (Å²) in [6, 6.07) is 12.4. The van der Waals surface area contributed by atoms with Crippen molar-refractivity contribution in [3.8, 4) is 11.6 Å². The van der Waals surface area contributed by atoms with Gasteiger partial charge in [0.2, 0.25) is 5.88 Å². The number of urea groups is 1. The van der Waals surface area contributed by atoms with Crippen LogP contribution in [0, 0.1) is 0 Å². The van der Waals surface area contributed by atoms with Gasteiger partial charge in [0.15, 0.2) is 0 Å². The molecule has 8 heteroatoms. The lowest BCUT2D eigenvalue weighted by Crippen LogP contribution is -2.40. The number of amides is 2. The quantitative estimate of drug-likeness (QED) is 0.670. The minimum atomic E-state index is -0.115. The van der Waals surface area contributed by atoms with Gasteiger partial charge in [0.1, 0.15) is 5.75 Å². The number of H-pyrrole nitrogens is 1. The van der Waals surface area contributed by atoms with Crippen LogP contribution >= 0.6 is 11.6 Å². The maximum atomic E-state index is 12.5. The van der Waals surface area contributed by atoms with E-state index in [4.69, 9.17) is 16.3 Å². The lowest BCUT2D eigenvalue weighted by molar-refractivity contribution is 0.194. The zero-order valence-corrected chi connectivity index (χ0v) is 15.9. The minimum absolute atomic E-state index is 0.115. The highest BCUT2D eigenvalue weighted by Gasteiger charge is 2.24. The lowest BCUT2D eigenvalue weighted by atomic mass is 9.94. The largest absolute Gasteiger partial charge is 0.439 e. The van der Waals surface area contributed by atoms with Gasteiger partial charge in [-0.05, 0) is 49.2 Å². The third-order valence-corrected chi connectivity index (χ3v) is 5.02. The smallest absolute Gasteiger partial charge is 0.321 e. The molecule has 1 fully saturated rings. The number of pyridine rings is 1. The highest BCUT2D eigenvalue weighted by atomic mass is 35.5. The molecule has 28 heavy (non-hydrogen) atoms. The van der Waals surface area contributed by atoms with E-state index in [0.717, 1.165) is 18.5 Å². The molecule has 4 rings (SSSR count). The number of ether oxygens (including phenoxy) is 1. The van der Waals surface area contributed by atoms with Gasteiger partial charge in [0.25, 0.3) is 0 Å². The Morgan fingerprint density at radius 1 is 1.14 bits per heavy atom. The van der Waals surface area contributed by atoms with Gasteiger partial charge in [0.05, 0.1) is 11.9 Å². The number of hydrogen-bond donors (Lipinski definition) is 2. The fourth-order valence-electron chi connectivity index (χ4n) is 3.23. The normalized spacial score (nSPS) is 14.7. The first-order valence-corrected chi connectivity index (χ1v) is 9.50. The topological polar surface area (TPSA) is 83.1 Å². The number of hydrogen-bond acceptors (Lipinski definition) is 4. The van der Waals surface area contributed by atoms with E-state index in [9.17, 15) is 4.79 Å². The molecule has 1 aromatic carbocycles. The average molecular weight is 398 g/mol. The molecule has 0 bridgehead atoms. The number of halogens is 1. The van der Waals surface area contributed by atoms with Gasteiger partial charge in [-0.1, -0.05) is 11.6 Å². The van der Waals surface area contributed by atoms with Crippen molar-refractivity contribution in [1.29, 1.82) is 0 Å². The van der Waals surface area contributed by atoms with Crippen molar-refractivity contribution in [2.75, 3.05) is 18.4 Å². The number of rotatable bonds is 4. The zero-order chi connectivity index (χ0) is 19.3. The summed E-state index contributed by atoms with van der Waals surface area (Å²) in [5.41, 5.74) is 1.77. The van der Waals surface area contributed by atoms with Crippen molar-refractivity contribution in [2.45, 2.75) is 18.8 Å². The summed E-state index contributed by atoms with van der Waals surface area (Å²) >= 11 is 5.86. The van der Waals surface area contributed by atoms with Crippen LogP contribution in [0.25, 0.3) is 0 Å². The van der Waals surface area contributed by atoms with Crippen LogP contribution in [-0.4, -0.2) is 39.2 Å². The Morgan fingerprint density at radius 3 is 2.57 bits per heavy atom. The third kappa shape index (κ3) is 4.43. The number of piperidine rings is 1. The summed E-state index contributed by atoms with van der Waals surface area (Å²) in [5, 5.41) is 10.6. The number of carbonyl (C=O) groups excluding carboxylic acids is 1. The molecule has 0 saturated carbocycles. The fourth-order valence-corrected chi connectivity index (χ4v) is 3.35. The minimum Gasteiger partial charge on any atom is -0.439 e. The van der Waals surface area contributed by atoms with Crippen LogP contribution < -0.4 is 10.1 Å². The summed E-state index contributed by atoms with van der Waals surface area (Å²) < 4.78 is 5.66. The van der Waals surface area contributed by atoms with Crippen LogP contribution in [0.1, 0.15) is 24.5 Å². The van der Waals surface area contributed by atoms with Gasteiger partial charge >= 0.3 is 6.03 Å². The predicted molar refractivity (Wildman–Crippen MR) is 107 cm³/mol. The fraction of sp³-hybridized carbons (Fsp3) is 0.250. The molecule has 0 atom stereocenters. The maximum Gasteiger partial charge on any atom is 0.321 e. The number of nitrogens with one attached hydrogen (secondary N) is 2. The highest BCUT2D eigenvalue weighted by Crippen LogP contribution is 2.27. The molecule has 3 aromatic rings. The van der Waals surface area contributed by atoms with Crippen molar-refractivity contribution in [1.82, 2.24) is 20.1 Å². The van der Waals surface area contributed by atoms with Gasteiger partial charge in [-0.15, -0.1) is 0 Å². The molecule has 0 radical (unpaired) electrons. The number of likely N-dealkylation sites (tertiary alicyclic amines) is 1. The summed E-state index contributed by atoms with van der Waals surface area (Å²) in [4.78, 5) is 18.6. The lowest BCUT2D eigenvalue weighted by Gasteiger charge is -2.31. The van der Waals surface area contributed by atoms with Crippen molar-refractivity contribution in [3.05, 3.63) is 65.6 Å². The average Bonchev–Trinajstić information content (AvgIpc) is 3.26. The number of aromatic amines is 1. The first-order valence-electron chi connectivity index (χ1n) is 9.12. The van der Waals surface area contributed by atoms with Crippen molar-refractivity contribution >= 4 is 23.3 Å². The monoisotopic (exact) mass is 397 g/mol. The molecule has 2 amide bonds. The molecule has 144 valence electrons. The van der Waals surface area contributed by atoms with E-state index in [-0.39, 0.29) is 6.03 Å². The maximum absolute atomic E-state index is 12.5. The zero-order valence-electron chi connectivity index (χ0n) is 15.1. The Balaban J connectivity index is 1.29. The number of benzene rings is 1. The van der Waals surface area contributed by atoms with E-state index in [2.05, 4.69) is 20.5 Å². The van der Waals surface area contributed by atoms with E-state index in [1.165, 1.54) is 0 Å². The second-order valence-electron chi connectivity index (χ2n) is 6.64. The molecule has 2 aromatic heterocycles. The summed E-state index contributed by atoms with van der Waals surface area (Å²) in [5.74, 6) is 1.52. The summed E-state index contributed by atoms with van der Waals surface area (Å²) in [7, 11) is 0. The van der Waals surface area contributed by atoms with Crippen LogP contribution in [0.3, 0.4) is 0 Å². The van der Waals surface area contributed by atoms with E-state index in [1.807, 2.05) is 11.0 Å². The molecule has 1 aliphatic heterocycles. The molecule has 0 unspecified atom stereocenters. The molecule has 3 heterocycles. The van der Waals surface area contributed by atoms with Gasteiger partial charge in [0, 0.05) is 42.0 Å². The van der Waals surface area contributed by atoms with Crippen molar-refractivity contribution < 1.29 is 9.53 Å². The summed E-state index contributed by atoms with van der Waals surface area (Å²) in [6.07, 6.45) is 5.19. The number of aromatic nitrogens is 3. The Labute approximate surface area is 167 Å². The molecular weight excluding hydrogens is 378 g/mol. The number of carbonyl (C=O) groups is 1. The number of anilines is 1. The molecule has 1 saturated heterocycles. The standard InChI is InChI=1S/C20H20ClN5O2/c21-15-1-4-17(5-2-15)28-19-6-3-16(13-22-19)24-20(27)26-11-8-14(9-12-26)18-7-10-23-25-18/h1-7,10,13-14H,8-9,11-12H2,(H,23,25)(H,24,27). The van der Waals surface area contributed by atoms with Gasteiger partial charge < -0.3 is 15.0 Å². The van der Waals surface area contributed by atoms with Crippen LogP contribution in [0.4, 0.5) is 10.5 Å². The third-order valence-electron chi connectivity index (χ3n) is 4.77. The Hall–Kier alpha value is -3.06. The second-order valence-corrected chi connectivity index (χ2v) is 7.08. The Kier molecular flexibility index (Phi) is 5.43. The molecular formula is C20H20ClN5O2. The van der Waals surface area contributed by atoms with Crippen LogP contribution in [0.5, 0.6) is 11.6 Å². The first-order chi connectivity index (χ1) is 13.7. The highest BCUT2D eigenvalue weighted by molar-refractivity contribution is 6.30. The number of nitrogens with zero attached hydrogens (tertiary/aromatic N) is 3. The van der Waals surface area contributed by atoms with Crippen molar-refractivity contribution in [3.63, 3.8) is 0 Å². The van der Waals surface area contributed by atoms with Crippen LogP contribution in [0.2, 0.25) is 5.02 Å². The SMILES string of the molecule is O=C(Nc1ccc(Oc2ccc(Cl)cc2)nc1)N1CCC(c2ccn[nH]2)CC1. The van der Waals surface area contributed by atoms with E-state index in [1.54, 1.807) is 48.8 Å². The van der Waals surface area contributed by atoms with Gasteiger partial charge in [-0.25, -0.2) is 9.78 Å². The molecule has 2 N–H and O–H groups in total. The summed E-state index contributed by atoms with van der Waals surface area (Å²) in [6.45, 7) is 1.42. The van der Waals surface area contributed by atoms with Gasteiger partial charge in [-0.3, -0.25) is 5.10 Å². The Morgan fingerprint density at radius 2 is 1.93 bits per heavy atom. The second kappa shape index (κ2) is 8.31. The van der Waals surface area contributed by atoms with E-state index >= 15 is 0 Å². The molecule has 1 aliphatic rings. The Bertz CT molecular complexity index is 905. The van der Waals surface area contributed by atoms with E-state index < -0.39 is 0 Å². The molecule has 7 nitrogen and oxygen atoms in total. The first kappa shape index (κ1) is 18.3. The van der Waals surface area contributed by atoms with Gasteiger partial charge in [-0.2, -0.15) is 5.10 Å².